The molecule has 0 aromatic heterocycles. The Morgan fingerprint density at radius 1 is 0.828 bits per heavy atom. The molecule has 0 spiro atoms. The molecule has 3 rings (SSSR count). The van der Waals surface area contributed by atoms with E-state index in [4.69, 9.17) is 0 Å². The molecule has 3 nitrogen and oxygen atoms in total. The third-order valence-electron chi connectivity index (χ3n) is 5.03. The molecule has 0 saturated carbocycles. The van der Waals surface area contributed by atoms with Crippen LogP contribution in [-0.2, 0) is 28.7 Å². The smallest absolute Gasteiger partial charge is 0.162 e. The number of rotatable bonds is 9. The van der Waals surface area contributed by atoms with Crippen LogP contribution in [0.1, 0.15) is 23.6 Å². The Labute approximate surface area is 175 Å². The van der Waals surface area contributed by atoms with Gasteiger partial charge in [0.2, 0.25) is 0 Å². The van der Waals surface area contributed by atoms with Crippen LogP contribution in [0.5, 0.6) is 0 Å². The van der Waals surface area contributed by atoms with Crippen molar-refractivity contribution in [3.63, 3.8) is 0 Å². The van der Waals surface area contributed by atoms with Gasteiger partial charge in [0, 0.05) is 18.0 Å². The zero-order valence-electron chi connectivity index (χ0n) is 17.0. The first kappa shape index (κ1) is 21.2. The fourth-order valence-corrected chi connectivity index (χ4v) is 4.30. The summed E-state index contributed by atoms with van der Waals surface area (Å²) < 4.78 is 12.7. The molecule has 0 heterocycles. The van der Waals surface area contributed by atoms with Gasteiger partial charge in [0.1, 0.15) is 0 Å². The molecule has 0 amide bonds. The van der Waals surface area contributed by atoms with Crippen molar-refractivity contribution in [1.29, 1.82) is 0 Å². The average Bonchev–Trinajstić information content (AvgIpc) is 2.74. The monoisotopic (exact) mass is 405 g/mol. The van der Waals surface area contributed by atoms with E-state index in [1.807, 2.05) is 74.5 Å². The van der Waals surface area contributed by atoms with Crippen molar-refractivity contribution in [3.8, 4) is 0 Å². The van der Waals surface area contributed by atoms with E-state index < -0.39 is 10.8 Å². The van der Waals surface area contributed by atoms with E-state index in [2.05, 4.69) is 29.2 Å². The zero-order chi connectivity index (χ0) is 20.6. The minimum Gasteiger partial charge on any atom is -0.297 e. The van der Waals surface area contributed by atoms with Gasteiger partial charge >= 0.3 is 0 Å². The van der Waals surface area contributed by atoms with E-state index in [9.17, 15) is 9.00 Å². The predicted octanol–water partition coefficient (Wildman–Crippen LogP) is 4.76. The van der Waals surface area contributed by atoms with Gasteiger partial charge in [0.25, 0.3) is 0 Å². The van der Waals surface area contributed by atoms with Gasteiger partial charge in [-0.1, -0.05) is 78.4 Å². The first-order valence-corrected chi connectivity index (χ1v) is 11.1. The van der Waals surface area contributed by atoms with Gasteiger partial charge in [-0.3, -0.25) is 13.9 Å². The summed E-state index contributed by atoms with van der Waals surface area (Å²) in [6.45, 7) is 5.24. The van der Waals surface area contributed by atoms with Crippen LogP contribution in [0.25, 0.3) is 0 Å². The van der Waals surface area contributed by atoms with Gasteiger partial charge < -0.3 is 0 Å². The highest BCUT2D eigenvalue weighted by Gasteiger charge is 2.23. The molecule has 0 saturated heterocycles. The van der Waals surface area contributed by atoms with Crippen molar-refractivity contribution in [3.05, 3.63) is 102 Å². The fraction of sp³-hybridized carbons (Fsp3) is 0.240. The number of benzene rings is 3. The molecule has 2 atom stereocenters. The van der Waals surface area contributed by atoms with Crippen molar-refractivity contribution >= 4 is 16.6 Å². The molecule has 0 unspecified atom stereocenters. The molecule has 150 valence electrons. The van der Waals surface area contributed by atoms with Gasteiger partial charge in [-0.25, -0.2) is 0 Å². The summed E-state index contributed by atoms with van der Waals surface area (Å²) in [5.74, 6) is 0.0281. The summed E-state index contributed by atoms with van der Waals surface area (Å²) in [5.41, 5.74) is 3.42. The van der Waals surface area contributed by atoms with Gasteiger partial charge in [0.15, 0.2) is 5.78 Å². The van der Waals surface area contributed by atoms with E-state index in [1.54, 1.807) is 0 Å². The first-order valence-electron chi connectivity index (χ1n) is 9.82. The zero-order valence-corrected chi connectivity index (χ0v) is 17.8. The lowest BCUT2D eigenvalue weighted by molar-refractivity contribution is -0.121. The minimum atomic E-state index is -1.33. The van der Waals surface area contributed by atoms with E-state index in [0.29, 0.717) is 18.0 Å². The average molecular weight is 406 g/mol. The van der Waals surface area contributed by atoms with E-state index in [-0.39, 0.29) is 17.6 Å². The molecular formula is C25H27NO2S. The molecule has 0 aliphatic carbocycles. The number of Topliss-reactive ketones (excluding diaryl/α,β-unsaturated/α-hetero) is 1. The summed E-state index contributed by atoms with van der Waals surface area (Å²) in [5, 5.41) is 0. The van der Waals surface area contributed by atoms with Crippen molar-refractivity contribution in [2.75, 3.05) is 5.75 Å². The lowest BCUT2D eigenvalue weighted by atomic mass is 10.1. The minimum absolute atomic E-state index is 0.00392. The highest BCUT2D eigenvalue weighted by Crippen LogP contribution is 2.16. The quantitative estimate of drug-likeness (QED) is 0.515. The standard InChI is InChI=1S/C25H27NO2S/c1-20-13-15-24(16-14-20)29(28)19-25(27)21(2)26(17-22-9-5-3-6-10-22)18-23-11-7-4-8-12-23/h3-16,21H,17-19H2,1-2H3/t21-,29+/m0/s1. The number of aryl methyl sites for hydroxylation is 1. The van der Waals surface area contributed by atoms with Crippen molar-refractivity contribution in [2.45, 2.75) is 37.9 Å². The highest BCUT2D eigenvalue weighted by molar-refractivity contribution is 7.85. The van der Waals surface area contributed by atoms with Crippen LogP contribution in [0.2, 0.25) is 0 Å². The Balaban J connectivity index is 1.73. The SMILES string of the molecule is Cc1ccc([S@](=O)CC(=O)[C@H](C)N(Cc2ccccc2)Cc2ccccc2)cc1. The van der Waals surface area contributed by atoms with E-state index >= 15 is 0 Å². The van der Waals surface area contributed by atoms with Crippen molar-refractivity contribution in [1.82, 2.24) is 4.90 Å². The Hall–Kier alpha value is -2.56. The van der Waals surface area contributed by atoms with Gasteiger partial charge in [-0.05, 0) is 37.1 Å². The van der Waals surface area contributed by atoms with E-state index in [0.717, 1.165) is 16.7 Å². The Morgan fingerprint density at radius 3 is 1.79 bits per heavy atom. The fourth-order valence-electron chi connectivity index (χ4n) is 3.19. The maximum absolute atomic E-state index is 13.0. The third kappa shape index (κ3) is 6.21. The second-order valence-electron chi connectivity index (χ2n) is 7.32. The van der Waals surface area contributed by atoms with Crippen LogP contribution in [0, 0.1) is 6.92 Å². The number of ketones is 1. The summed E-state index contributed by atoms with van der Waals surface area (Å²) >= 11 is 0. The molecule has 0 aliphatic heterocycles. The van der Waals surface area contributed by atoms with Crippen LogP contribution in [0.4, 0.5) is 0 Å². The van der Waals surface area contributed by atoms with Crippen molar-refractivity contribution in [2.24, 2.45) is 0 Å². The van der Waals surface area contributed by atoms with E-state index in [1.165, 1.54) is 0 Å². The number of carbonyl (C=O) groups excluding carboxylic acids is 1. The number of hydrogen-bond donors (Lipinski definition) is 0. The summed E-state index contributed by atoms with van der Waals surface area (Å²) in [7, 11) is -1.33. The molecule has 4 heteroatoms. The van der Waals surface area contributed by atoms with Crippen LogP contribution in [-0.4, -0.2) is 26.7 Å². The number of carbonyl (C=O) groups is 1. The molecule has 3 aromatic carbocycles. The molecule has 0 N–H and O–H groups in total. The molecular weight excluding hydrogens is 378 g/mol. The molecule has 0 bridgehead atoms. The maximum atomic E-state index is 13.0. The maximum Gasteiger partial charge on any atom is 0.162 e. The largest absolute Gasteiger partial charge is 0.297 e. The molecule has 3 aromatic rings. The van der Waals surface area contributed by atoms with Crippen LogP contribution in [0.3, 0.4) is 0 Å². The van der Waals surface area contributed by atoms with Gasteiger partial charge in [0.05, 0.1) is 22.6 Å². The Morgan fingerprint density at radius 2 is 1.31 bits per heavy atom. The third-order valence-corrected chi connectivity index (χ3v) is 6.37. The summed E-state index contributed by atoms with van der Waals surface area (Å²) in [6, 6.07) is 27.5. The lowest BCUT2D eigenvalue weighted by Gasteiger charge is -2.28. The van der Waals surface area contributed by atoms with Crippen LogP contribution < -0.4 is 0 Å². The Kier molecular flexibility index (Phi) is 7.50. The topological polar surface area (TPSA) is 37.4 Å². The normalized spacial score (nSPS) is 13.2. The number of nitrogens with zero attached hydrogens (tertiary/aromatic N) is 1. The molecule has 0 radical (unpaired) electrons. The van der Waals surface area contributed by atoms with Crippen LogP contribution in [0.15, 0.2) is 89.8 Å². The second kappa shape index (κ2) is 10.3. The number of hydrogen-bond acceptors (Lipinski definition) is 3. The molecule has 0 fully saturated rings. The highest BCUT2D eigenvalue weighted by atomic mass is 32.2. The molecule has 29 heavy (non-hydrogen) atoms. The first-order chi connectivity index (χ1) is 14.0. The summed E-state index contributed by atoms with van der Waals surface area (Å²) in [4.78, 5) is 15.8. The molecule has 0 aliphatic rings. The van der Waals surface area contributed by atoms with Gasteiger partial charge in [-0.15, -0.1) is 0 Å². The Bertz CT molecular complexity index is 898. The van der Waals surface area contributed by atoms with Crippen LogP contribution >= 0.6 is 0 Å². The predicted molar refractivity (Wildman–Crippen MR) is 119 cm³/mol. The second-order valence-corrected chi connectivity index (χ2v) is 8.77. The van der Waals surface area contributed by atoms with Crippen molar-refractivity contribution < 1.29 is 9.00 Å². The van der Waals surface area contributed by atoms with Gasteiger partial charge in [-0.2, -0.15) is 0 Å². The summed E-state index contributed by atoms with van der Waals surface area (Å²) in [6.07, 6.45) is 0. The lowest BCUT2D eigenvalue weighted by Crippen LogP contribution is -2.40.